The van der Waals surface area contributed by atoms with Crippen LogP contribution in [0.5, 0.6) is 5.75 Å². The lowest BCUT2D eigenvalue weighted by Crippen LogP contribution is -2.02. The first-order chi connectivity index (χ1) is 8.59. The molecule has 0 aliphatic carbocycles. The van der Waals surface area contributed by atoms with E-state index in [9.17, 15) is 8.78 Å². The predicted octanol–water partition coefficient (Wildman–Crippen LogP) is 3.89. The molecule has 2 rings (SSSR count). The molecule has 0 atom stereocenters. The standard InChI is InChI=1S/C13H10BrF2NO/c14-13-11(17)5-2-6-12(13)18-7-8-9(15)3-1-4-10(8)16/h1-6H,7,17H2. The second kappa shape index (κ2) is 5.35. The van der Waals surface area contributed by atoms with Crippen LogP contribution in [-0.4, -0.2) is 0 Å². The monoisotopic (exact) mass is 313 g/mol. The first-order valence-corrected chi connectivity index (χ1v) is 5.98. The molecule has 2 nitrogen and oxygen atoms in total. The van der Waals surface area contributed by atoms with E-state index in [0.29, 0.717) is 15.9 Å². The maximum atomic E-state index is 13.4. The minimum atomic E-state index is -0.630. The van der Waals surface area contributed by atoms with Gasteiger partial charge in [-0.2, -0.15) is 0 Å². The van der Waals surface area contributed by atoms with Crippen LogP contribution in [0.15, 0.2) is 40.9 Å². The molecule has 2 aromatic rings. The number of benzene rings is 2. The van der Waals surface area contributed by atoms with Gasteiger partial charge in [0.1, 0.15) is 24.0 Å². The van der Waals surface area contributed by atoms with Crippen molar-refractivity contribution in [3.8, 4) is 5.75 Å². The summed E-state index contributed by atoms with van der Waals surface area (Å²) in [6.45, 7) is -0.194. The topological polar surface area (TPSA) is 35.2 Å². The fraction of sp³-hybridized carbons (Fsp3) is 0.0769. The van der Waals surface area contributed by atoms with E-state index in [1.807, 2.05) is 0 Å². The molecule has 0 radical (unpaired) electrons. The summed E-state index contributed by atoms with van der Waals surface area (Å²) in [4.78, 5) is 0. The number of hydrogen-bond donors (Lipinski definition) is 1. The smallest absolute Gasteiger partial charge is 0.136 e. The molecule has 2 aromatic carbocycles. The summed E-state index contributed by atoms with van der Waals surface area (Å²) in [5.41, 5.74) is 6.07. The van der Waals surface area contributed by atoms with E-state index in [4.69, 9.17) is 10.5 Å². The number of hydrogen-bond acceptors (Lipinski definition) is 2. The zero-order valence-corrected chi connectivity index (χ0v) is 10.9. The van der Waals surface area contributed by atoms with E-state index in [1.165, 1.54) is 18.2 Å². The number of nitrogens with two attached hydrogens (primary N) is 1. The fourth-order valence-corrected chi connectivity index (χ4v) is 1.84. The third-order valence-corrected chi connectivity index (χ3v) is 3.28. The molecule has 5 heteroatoms. The Morgan fingerprint density at radius 1 is 1.06 bits per heavy atom. The molecule has 0 heterocycles. The number of ether oxygens (including phenoxy) is 1. The van der Waals surface area contributed by atoms with Gasteiger partial charge in [-0.1, -0.05) is 12.1 Å². The quantitative estimate of drug-likeness (QED) is 0.873. The third-order valence-electron chi connectivity index (χ3n) is 2.43. The van der Waals surface area contributed by atoms with Gasteiger partial charge in [-0.05, 0) is 40.2 Å². The largest absolute Gasteiger partial charge is 0.487 e. The summed E-state index contributed by atoms with van der Waals surface area (Å²) >= 11 is 3.25. The Bertz CT molecular complexity index is 555. The van der Waals surface area contributed by atoms with Crippen molar-refractivity contribution in [1.82, 2.24) is 0 Å². The average molecular weight is 314 g/mol. The SMILES string of the molecule is Nc1cccc(OCc2c(F)cccc2F)c1Br. The fourth-order valence-electron chi connectivity index (χ4n) is 1.46. The van der Waals surface area contributed by atoms with Gasteiger partial charge in [0, 0.05) is 5.69 Å². The van der Waals surface area contributed by atoms with E-state index >= 15 is 0 Å². The number of anilines is 1. The van der Waals surface area contributed by atoms with Gasteiger partial charge in [-0.25, -0.2) is 8.78 Å². The molecule has 0 saturated heterocycles. The molecule has 0 bridgehead atoms. The highest BCUT2D eigenvalue weighted by Gasteiger charge is 2.10. The summed E-state index contributed by atoms with van der Waals surface area (Å²) in [6.07, 6.45) is 0. The van der Waals surface area contributed by atoms with Crippen LogP contribution in [0.1, 0.15) is 5.56 Å². The van der Waals surface area contributed by atoms with Gasteiger partial charge in [0.15, 0.2) is 0 Å². The minimum absolute atomic E-state index is 0.105. The number of nitrogen functional groups attached to an aromatic ring is 1. The Hall–Kier alpha value is -1.62. The van der Waals surface area contributed by atoms with Crippen LogP contribution < -0.4 is 10.5 Å². The van der Waals surface area contributed by atoms with Crippen molar-refractivity contribution in [3.05, 3.63) is 58.1 Å². The molecule has 0 aromatic heterocycles. The van der Waals surface area contributed by atoms with Crippen molar-refractivity contribution in [1.29, 1.82) is 0 Å². The van der Waals surface area contributed by atoms with Crippen molar-refractivity contribution in [3.63, 3.8) is 0 Å². The Morgan fingerprint density at radius 3 is 2.33 bits per heavy atom. The van der Waals surface area contributed by atoms with Crippen LogP contribution in [0.4, 0.5) is 14.5 Å². The molecule has 94 valence electrons. The molecule has 0 unspecified atom stereocenters. The first kappa shape index (κ1) is 12.8. The van der Waals surface area contributed by atoms with Crippen molar-refractivity contribution in [2.45, 2.75) is 6.61 Å². The molecule has 0 spiro atoms. The normalized spacial score (nSPS) is 10.4. The lowest BCUT2D eigenvalue weighted by atomic mass is 10.2. The molecular weight excluding hydrogens is 304 g/mol. The first-order valence-electron chi connectivity index (χ1n) is 5.19. The Kier molecular flexibility index (Phi) is 3.81. The maximum absolute atomic E-state index is 13.4. The molecule has 2 N–H and O–H groups in total. The van der Waals surface area contributed by atoms with Gasteiger partial charge in [-0.3, -0.25) is 0 Å². The molecule has 18 heavy (non-hydrogen) atoms. The van der Waals surface area contributed by atoms with Gasteiger partial charge < -0.3 is 10.5 Å². The van der Waals surface area contributed by atoms with E-state index in [2.05, 4.69) is 15.9 Å². The van der Waals surface area contributed by atoms with Crippen molar-refractivity contribution in [2.75, 3.05) is 5.73 Å². The lowest BCUT2D eigenvalue weighted by molar-refractivity contribution is 0.291. The van der Waals surface area contributed by atoms with E-state index in [1.54, 1.807) is 18.2 Å². The number of halogens is 3. The van der Waals surface area contributed by atoms with E-state index < -0.39 is 11.6 Å². The summed E-state index contributed by atoms with van der Waals surface area (Å²) in [7, 11) is 0. The maximum Gasteiger partial charge on any atom is 0.136 e. The van der Waals surface area contributed by atoms with Crippen molar-refractivity contribution in [2.24, 2.45) is 0 Å². The zero-order valence-electron chi connectivity index (χ0n) is 9.29. The Labute approximate surface area is 112 Å². The molecule has 0 amide bonds. The highest BCUT2D eigenvalue weighted by Crippen LogP contribution is 2.31. The van der Waals surface area contributed by atoms with Crippen LogP contribution >= 0.6 is 15.9 Å². The number of rotatable bonds is 3. The van der Waals surface area contributed by atoms with Gasteiger partial charge in [0.05, 0.1) is 10.0 Å². The highest BCUT2D eigenvalue weighted by molar-refractivity contribution is 9.10. The second-order valence-electron chi connectivity index (χ2n) is 3.65. The third kappa shape index (κ3) is 2.61. The Balaban J connectivity index is 2.19. The van der Waals surface area contributed by atoms with Gasteiger partial charge in [0.2, 0.25) is 0 Å². The van der Waals surface area contributed by atoms with Crippen LogP contribution in [-0.2, 0) is 6.61 Å². The van der Waals surface area contributed by atoms with E-state index in [0.717, 1.165) is 0 Å². The predicted molar refractivity (Wildman–Crippen MR) is 69.2 cm³/mol. The van der Waals surface area contributed by atoms with Crippen LogP contribution in [0.25, 0.3) is 0 Å². The molecule has 0 saturated carbocycles. The van der Waals surface area contributed by atoms with Crippen molar-refractivity contribution < 1.29 is 13.5 Å². The van der Waals surface area contributed by atoms with Crippen molar-refractivity contribution >= 4 is 21.6 Å². The van der Waals surface area contributed by atoms with Gasteiger partial charge in [0.25, 0.3) is 0 Å². The van der Waals surface area contributed by atoms with Crippen LogP contribution in [0, 0.1) is 11.6 Å². The zero-order chi connectivity index (χ0) is 13.1. The molecule has 0 aliphatic heterocycles. The van der Waals surface area contributed by atoms with Crippen LogP contribution in [0.2, 0.25) is 0 Å². The minimum Gasteiger partial charge on any atom is -0.487 e. The summed E-state index contributed by atoms with van der Waals surface area (Å²) < 4.78 is 32.7. The van der Waals surface area contributed by atoms with Gasteiger partial charge in [-0.15, -0.1) is 0 Å². The molecular formula is C13H10BrF2NO. The second-order valence-corrected chi connectivity index (χ2v) is 4.44. The molecule has 0 aliphatic rings. The van der Waals surface area contributed by atoms with Crippen LogP contribution in [0.3, 0.4) is 0 Å². The molecule has 0 fully saturated rings. The van der Waals surface area contributed by atoms with Gasteiger partial charge >= 0.3 is 0 Å². The van der Waals surface area contributed by atoms with E-state index in [-0.39, 0.29) is 12.2 Å². The summed E-state index contributed by atoms with van der Waals surface area (Å²) in [6, 6.07) is 8.75. The summed E-state index contributed by atoms with van der Waals surface area (Å²) in [5, 5.41) is 0. The summed E-state index contributed by atoms with van der Waals surface area (Å²) in [5.74, 6) is -0.817. The average Bonchev–Trinajstić information content (AvgIpc) is 2.33. The lowest BCUT2D eigenvalue weighted by Gasteiger charge is -2.10. The highest BCUT2D eigenvalue weighted by atomic mass is 79.9. The Morgan fingerprint density at radius 2 is 1.67 bits per heavy atom.